The van der Waals surface area contributed by atoms with Crippen LogP contribution in [-0.2, 0) is 0 Å². The summed E-state index contributed by atoms with van der Waals surface area (Å²) >= 11 is 15.8. The molecule has 0 fully saturated rings. The molecule has 0 aliphatic heterocycles. The predicted molar refractivity (Wildman–Crippen MR) is 72.2 cm³/mol. The zero-order chi connectivity index (χ0) is 11.6. The van der Waals surface area contributed by atoms with Gasteiger partial charge in [-0.1, -0.05) is 66.0 Å². The second-order valence-electron chi connectivity index (χ2n) is 4.37. The van der Waals surface area contributed by atoms with Crippen LogP contribution in [-0.4, -0.2) is 0 Å². The van der Waals surface area contributed by atoms with Gasteiger partial charge >= 0.3 is 0 Å². The summed E-state index contributed by atoms with van der Waals surface area (Å²) in [5.74, 6) is 0. The van der Waals surface area contributed by atoms with E-state index in [2.05, 4.69) is 36.7 Å². The minimum atomic E-state index is 0.178. The molecule has 0 nitrogen and oxygen atoms in total. The van der Waals surface area contributed by atoms with Crippen LogP contribution in [0.4, 0.5) is 0 Å². The lowest BCUT2D eigenvalue weighted by Crippen LogP contribution is -2.16. The first-order chi connectivity index (χ1) is 6.88. The minimum absolute atomic E-state index is 0.178. The SMILES string of the molecule is CCC(C)(C)C(Br)c1ccc(Cl)cc1Cl. The van der Waals surface area contributed by atoms with Gasteiger partial charge in [-0.3, -0.25) is 0 Å². The predicted octanol–water partition coefficient (Wildman–Crippen LogP) is 5.87. The van der Waals surface area contributed by atoms with Crippen LogP contribution < -0.4 is 0 Å². The van der Waals surface area contributed by atoms with Crippen LogP contribution in [0.1, 0.15) is 37.6 Å². The highest BCUT2D eigenvalue weighted by molar-refractivity contribution is 9.09. The van der Waals surface area contributed by atoms with Crippen molar-refractivity contribution < 1.29 is 0 Å². The van der Waals surface area contributed by atoms with Gasteiger partial charge in [0.1, 0.15) is 0 Å². The molecule has 1 aromatic rings. The fourth-order valence-electron chi connectivity index (χ4n) is 1.31. The van der Waals surface area contributed by atoms with Gasteiger partial charge in [0.05, 0.1) is 0 Å². The van der Waals surface area contributed by atoms with Crippen LogP contribution >= 0.6 is 39.1 Å². The molecule has 1 atom stereocenters. The minimum Gasteiger partial charge on any atom is -0.0843 e. The molecule has 0 saturated carbocycles. The number of halogens is 3. The third-order valence-electron chi connectivity index (χ3n) is 2.83. The third-order valence-corrected chi connectivity index (χ3v) is 5.13. The van der Waals surface area contributed by atoms with Crippen molar-refractivity contribution in [2.45, 2.75) is 32.0 Å². The van der Waals surface area contributed by atoms with Crippen LogP contribution in [0.3, 0.4) is 0 Å². The quantitative estimate of drug-likeness (QED) is 0.613. The molecular weight excluding hydrogens is 295 g/mol. The average molecular weight is 310 g/mol. The summed E-state index contributed by atoms with van der Waals surface area (Å²) in [7, 11) is 0. The van der Waals surface area contributed by atoms with Gasteiger partial charge in [0.15, 0.2) is 0 Å². The van der Waals surface area contributed by atoms with Crippen molar-refractivity contribution in [3.05, 3.63) is 33.8 Å². The highest BCUT2D eigenvalue weighted by atomic mass is 79.9. The van der Waals surface area contributed by atoms with Gasteiger partial charge in [-0.15, -0.1) is 0 Å². The molecule has 0 saturated heterocycles. The lowest BCUT2D eigenvalue weighted by molar-refractivity contribution is 0.346. The van der Waals surface area contributed by atoms with E-state index in [1.54, 1.807) is 6.07 Å². The molecule has 3 heteroatoms. The van der Waals surface area contributed by atoms with Gasteiger partial charge in [0.2, 0.25) is 0 Å². The number of hydrogen-bond donors (Lipinski definition) is 0. The van der Waals surface area contributed by atoms with Crippen molar-refractivity contribution in [1.82, 2.24) is 0 Å². The Labute approximate surface area is 110 Å². The third kappa shape index (κ3) is 3.12. The fraction of sp³-hybridized carbons (Fsp3) is 0.500. The van der Waals surface area contributed by atoms with Crippen molar-refractivity contribution in [1.29, 1.82) is 0 Å². The van der Waals surface area contributed by atoms with E-state index < -0.39 is 0 Å². The molecule has 1 unspecified atom stereocenters. The van der Waals surface area contributed by atoms with Crippen LogP contribution in [0, 0.1) is 5.41 Å². The number of benzene rings is 1. The van der Waals surface area contributed by atoms with Crippen molar-refractivity contribution in [3.8, 4) is 0 Å². The molecular formula is C12H15BrCl2. The first-order valence-corrected chi connectivity index (χ1v) is 6.64. The summed E-state index contributed by atoms with van der Waals surface area (Å²) < 4.78 is 0. The van der Waals surface area contributed by atoms with Crippen LogP contribution in [0.5, 0.6) is 0 Å². The molecule has 1 rings (SSSR count). The highest BCUT2D eigenvalue weighted by Crippen LogP contribution is 2.45. The van der Waals surface area contributed by atoms with Crippen molar-refractivity contribution in [2.75, 3.05) is 0 Å². The van der Waals surface area contributed by atoms with Gasteiger partial charge in [-0.2, -0.15) is 0 Å². The molecule has 0 bridgehead atoms. The normalized spacial score (nSPS) is 14.0. The second-order valence-corrected chi connectivity index (χ2v) is 6.13. The molecule has 0 amide bonds. The van der Waals surface area contributed by atoms with Crippen molar-refractivity contribution >= 4 is 39.1 Å². The largest absolute Gasteiger partial charge is 0.0843 e. The maximum Gasteiger partial charge on any atom is 0.0464 e. The molecule has 84 valence electrons. The van der Waals surface area contributed by atoms with Crippen LogP contribution in [0.2, 0.25) is 10.0 Å². The first kappa shape index (κ1) is 13.3. The highest BCUT2D eigenvalue weighted by Gasteiger charge is 2.28. The number of rotatable bonds is 3. The van der Waals surface area contributed by atoms with Crippen molar-refractivity contribution in [2.24, 2.45) is 5.41 Å². The van der Waals surface area contributed by atoms with Gasteiger partial charge in [-0.05, 0) is 29.5 Å². The molecule has 1 aromatic carbocycles. The van der Waals surface area contributed by atoms with E-state index in [1.807, 2.05) is 12.1 Å². The molecule has 0 spiro atoms. The summed E-state index contributed by atoms with van der Waals surface area (Å²) in [6.07, 6.45) is 1.09. The van der Waals surface area contributed by atoms with E-state index in [9.17, 15) is 0 Å². The summed E-state index contributed by atoms with van der Waals surface area (Å²) in [5.41, 5.74) is 1.28. The molecule has 0 N–H and O–H groups in total. The Hall–Kier alpha value is 0.280. The van der Waals surface area contributed by atoms with Crippen LogP contribution in [0.25, 0.3) is 0 Å². The monoisotopic (exact) mass is 308 g/mol. The molecule has 0 aromatic heterocycles. The first-order valence-electron chi connectivity index (χ1n) is 4.97. The Morgan fingerprint density at radius 1 is 1.33 bits per heavy atom. The summed E-state index contributed by atoms with van der Waals surface area (Å²) in [6, 6.07) is 5.66. The Morgan fingerprint density at radius 2 is 1.93 bits per heavy atom. The van der Waals surface area contributed by atoms with E-state index in [-0.39, 0.29) is 10.2 Å². The molecule has 15 heavy (non-hydrogen) atoms. The maximum absolute atomic E-state index is 6.17. The van der Waals surface area contributed by atoms with Crippen molar-refractivity contribution in [3.63, 3.8) is 0 Å². The number of alkyl halides is 1. The Balaban J connectivity index is 3.06. The topological polar surface area (TPSA) is 0 Å². The summed E-state index contributed by atoms with van der Waals surface area (Å²) in [6.45, 7) is 6.62. The molecule has 0 radical (unpaired) electrons. The molecule has 0 aliphatic carbocycles. The van der Waals surface area contributed by atoms with E-state index in [0.29, 0.717) is 5.02 Å². The smallest absolute Gasteiger partial charge is 0.0464 e. The summed E-state index contributed by atoms with van der Waals surface area (Å²) in [5, 5.41) is 1.41. The Bertz CT molecular complexity index is 347. The maximum atomic E-state index is 6.17. The van der Waals surface area contributed by atoms with Gasteiger partial charge in [0.25, 0.3) is 0 Å². The molecule has 0 aliphatic rings. The Kier molecular flexibility index (Phi) is 4.51. The fourth-order valence-corrected chi connectivity index (χ4v) is 2.68. The van der Waals surface area contributed by atoms with Gasteiger partial charge < -0.3 is 0 Å². The average Bonchev–Trinajstić information content (AvgIpc) is 2.17. The standard InChI is InChI=1S/C12H15BrCl2/c1-4-12(2,3)11(13)9-6-5-8(14)7-10(9)15/h5-7,11H,4H2,1-3H3. The van der Waals surface area contributed by atoms with E-state index in [4.69, 9.17) is 23.2 Å². The zero-order valence-corrected chi connectivity index (χ0v) is 12.2. The van der Waals surface area contributed by atoms with Crippen LogP contribution in [0.15, 0.2) is 18.2 Å². The molecule has 0 heterocycles. The number of hydrogen-bond acceptors (Lipinski definition) is 0. The van der Waals surface area contributed by atoms with E-state index in [0.717, 1.165) is 17.0 Å². The Morgan fingerprint density at radius 3 is 2.40 bits per heavy atom. The zero-order valence-electron chi connectivity index (χ0n) is 9.15. The second kappa shape index (κ2) is 5.07. The van der Waals surface area contributed by atoms with Gasteiger partial charge in [0, 0.05) is 14.9 Å². The van der Waals surface area contributed by atoms with Gasteiger partial charge in [-0.25, -0.2) is 0 Å². The van der Waals surface area contributed by atoms with E-state index >= 15 is 0 Å². The lowest BCUT2D eigenvalue weighted by atomic mass is 9.83. The van der Waals surface area contributed by atoms with E-state index in [1.165, 1.54) is 0 Å². The summed E-state index contributed by atoms with van der Waals surface area (Å²) in [4.78, 5) is 0.250. The lowest BCUT2D eigenvalue weighted by Gasteiger charge is -2.30.